The van der Waals surface area contributed by atoms with Crippen LogP contribution in [0.25, 0.3) is 0 Å². The third-order valence-corrected chi connectivity index (χ3v) is 4.09. The van der Waals surface area contributed by atoms with Gasteiger partial charge in [-0.3, -0.25) is 9.69 Å². The number of hydrogen-bond donors (Lipinski definition) is 1. The van der Waals surface area contributed by atoms with Crippen molar-refractivity contribution in [2.45, 2.75) is 32.0 Å². The summed E-state index contributed by atoms with van der Waals surface area (Å²) < 4.78 is 13.4. The minimum atomic E-state index is -0.279. The van der Waals surface area contributed by atoms with E-state index in [4.69, 9.17) is 5.26 Å². The largest absolute Gasteiger partial charge is 0.352 e. The number of hydrogen-bond acceptors (Lipinski definition) is 3. The molecule has 0 atom stereocenters. The molecule has 1 N–H and O–H groups in total. The molecule has 0 aliphatic heterocycles. The molecule has 0 saturated heterocycles. The Bertz CT molecular complexity index is 778. The number of amides is 1. The van der Waals surface area contributed by atoms with Crippen molar-refractivity contribution in [2.75, 3.05) is 6.54 Å². The molecule has 0 unspecified atom stereocenters. The third kappa shape index (κ3) is 5.40. The lowest BCUT2D eigenvalue weighted by molar-refractivity contribution is -0.122. The maximum Gasteiger partial charge on any atom is 0.234 e. The molecule has 2 aromatic rings. The normalized spacial score (nSPS) is 13.5. The lowest BCUT2D eigenvalue weighted by atomic mass is 10.1. The summed E-state index contributed by atoms with van der Waals surface area (Å²) in [4.78, 5) is 14.2. The van der Waals surface area contributed by atoms with E-state index in [9.17, 15) is 9.18 Å². The van der Waals surface area contributed by atoms with Crippen LogP contribution in [0, 0.1) is 17.1 Å². The Morgan fingerprint density at radius 2 is 1.88 bits per heavy atom. The van der Waals surface area contributed by atoms with Gasteiger partial charge in [-0.25, -0.2) is 4.39 Å². The Kier molecular flexibility index (Phi) is 5.42. The molecule has 1 aliphatic rings. The van der Waals surface area contributed by atoms with Crippen molar-refractivity contribution in [2.24, 2.45) is 0 Å². The van der Waals surface area contributed by atoms with E-state index in [-0.39, 0.29) is 18.3 Å². The minimum Gasteiger partial charge on any atom is -0.352 e. The van der Waals surface area contributed by atoms with Gasteiger partial charge in [0.1, 0.15) is 5.82 Å². The van der Waals surface area contributed by atoms with E-state index in [0.29, 0.717) is 24.7 Å². The summed E-state index contributed by atoms with van der Waals surface area (Å²) in [6.45, 7) is 1.29. The zero-order valence-electron chi connectivity index (χ0n) is 13.9. The van der Waals surface area contributed by atoms with E-state index in [0.717, 1.165) is 24.0 Å². The number of rotatable bonds is 7. The molecule has 1 saturated carbocycles. The lowest BCUT2D eigenvalue weighted by Gasteiger charge is -2.22. The monoisotopic (exact) mass is 337 g/mol. The van der Waals surface area contributed by atoms with Crippen molar-refractivity contribution < 1.29 is 9.18 Å². The summed E-state index contributed by atoms with van der Waals surface area (Å²) in [5.41, 5.74) is 2.44. The standard InChI is InChI=1S/C20H20FN3O/c21-18-3-1-2-17(10-18)13-24(14-20(25)23-19-8-9-19)12-16-6-4-15(11-22)5-7-16/h1-7,10,19H,8-9,12-14H2,(H,23,25). The molecule has 5 heteroatoms. The van der Waals surface area contributed by atoms with Crippen LogP contribution >= 0.6 is 0 Å². The first-order valence-electron chi connectivity index (χ1n) is 8.37. The van der Waals surface area contributed by atoms with Crippen LogP contribution in [0.3, 0.4) is 0 Å². The summed E-state index contributed by atoms with van der Waals surface area (Å²) in [6, 6.07) is 16.1. The van der Waals surface area contributed by atoms with Crippen molar-refractivity contribution in [1.29, 1.82) is 5.26 Å². The molecule has 0 spiro atoms. The van der Waals surface area contributed by atoms with E-state index in [1.807, 2.05) is 23.1 Å². The molecule has 0 heterocycles. The predicted molar refractivity (Wildman–Crippen MR) is 92.8 cm³/mol. The molecule has 0 bridgehead atoms. The molecular weight excluding hydrogens is 317 g/mol. The summed E-state index contributed by atoms with van der Waals surface area (Å²) >= 11 is 0. The van der Waals surface area contributed by atoms with E-state index >= 15 is 0 Å². The van der Waals surface area contributed by atoms with E-state index in [2.05, 4.69) is 11.4 Å². The fourth-order valence-electron chi connectivity index (χ4n) is 2.71. The van der Waals surface area contributed by atoms with Crippen LogP contribution in [0.2, 0.25) is 0 Å². The zero-order valence-corrected chi connectivity index (χ0v) is 13.9. The summed E-state index contributed by atoms with van der Waals surface area (Å²) in [7, 11) is 0. The summed E-state index contributed by atoms with van der Waals surface area (Å²) in [5.74, 6) is -0.286. The molecule has 25 heavy (non-hydrogen) atoms. The van der Waals surface area contributed by atoms with Gasteiger partial charge in [-0.05, 0) is 48.2 Å². The van der Waals surface area contributed by atoms with Gasteiger partial charge in [-0.15, -0.1) is 0 Å². The Morgan fingerprint density at radius 1 is 1.16 bits per heavy atom. The third-order valence-electron chi connectivity index (χ3n) is 4.09. The van der Waals surface area contributed by atoms with E-state index in [1.165, 1.54) is 12.1 Å². The van der Waals surface area contributed by atoms with Crippen LogP contribution in [-0.2, 0) is 17.9 Å². The maximum atomic E-state index is 13.4. The fourth-order valence-corrected chi connectivity index (χ4v) is 2.71. The van der Waals surface area contributed by atoms with E-state index < -0.39 is 0 Å². The fraction of sp³-hybridized carbons (Fsp3) is 0.300. The molecule has 128 valence electrons. The highest BCUT2D eigenvalue weighted by Crippen LogP contribution is 2.19. The highest BCUT2D eigenvalue weighted by molar-refractivity contribution is 5.78. The highest BCUT2D eigenvalue weighted by Gasteiger charge is 2.24. The van der Waals surface area contributed by atoms with Crippen LogP contribution in [0.1, 0.15) is 29.5 Å². The van der Waals surface area contributed by atoms with Gasteiger partial charge in [-0.2, -0.15) is 5.26 Å². The van der Waals surface area contributed by atoms with Crippen molar-refractivity contribution >= 4 is 5.91 Å². The quantitative estimate of drug-likeness (QED) is 0.845. The Balaban J connectivity index is 1.69. The molecule has 1 amide bonds. The van der Waals surface area contributed by atoms with Crippen LogP contribution in [0.5, 0.6) is 0 Å². The summed E-state index contributed by atoms with van der Waals surface area (Å²) in [6.07, 6.45) is 2.09. The molecule has 1 fully saturated rings. The molecule has 4 nitrogen and oxygen atoms in total. The molecule has 0 aromatic heterocycles. The van der Waals surface area contributed by atoms with Gasteiger partial charge in [0.2, 0.25) is 5.91 Å². The van der Waals surface area contributed by atoms with Gasteiger partial charge < -0.3 is 5.32 Å². The lowest BCUT2D eigenvalue weighted by Crippen LogP contribution is -2.37. The van der Waals surface area contributed by atoms with E-state index in [1.54, 1.807) is 18.2 Å². The van der Waals surface area contributed by atoms with Gasteiger partial charge >= 0.3 is 0 Å². The second kappa shape index (κ2) is 7.91. The average molecular weight is 337 g/mol. The smallest absolute Gasteiger partial charge is 0.234 e. The number of nitrogens with zero attached hydrogens (tertiary/aromatic N) is 2. The number of carbonyl (C=O) groups excluding carboxylic acids is 1. The molecule has 2 aromatic carbocycles. The number of nitrogens with one attached hydrogen (secondary N) is 1. The van der Waals surface area contributed by atoms with Gasteiger partial charge in [0.25, 0.3) is 0 Å². The molecule has 3 rings (SSSR count). The number of carbonyl (C=O) groups is 1. The van der Waals surface area contributed by atoms with Gasteiger partial charge in [0.05, 0.1) is 18.2 Å². The van der Waals surface area contributed by atoms with Gasteiger partial charge in [0.15, 0.2) is 0 Å². The maximum absolute atomic E-state index is 13.4. The van der Waals surface area contributed by atoms with Crippen LogP contribution in [0.4, 0.5) is 4.39 Å². The second-order valence-corrected chi connectivity index (χ2v) is 6.43. The molecule has 0 radical (unpaired) electrons. The van der Waals surface area contributed by atoms with Crippen LogP contribution in [-0.4, -0.2) is 23.4 Å². The van der Waals surface area contributed by atoms with Gasteiger partial charge in [0, 0.05) is 19.1 Å². The first-order valence-corrected chi connectivity index (χ1v) is 8.37. The Labute approximate surface area is 146 Å². The zero-order chi connectivity index (χ0) is 17.6. The number of benzene rings is 2. The highest BCUT2D eigenvalue weighted by atomic mass is 19.1. The van der Waals surface area contributed by atoms with Gasteiger partial charge in [-0.1, -0.05) is 24.3 Å². The number of halogens is 1. The predicted octanol–water partition coefficient (Wildman–Crippen LogP) is 2.98. The van der Waals surface area contributed by atoms with Crippen LogP contribution < -0.4 is 5.32 Å². The molecular formula is C20H20FN3O. The Hall–Kier alpha value is -2.71. The van der Waals surface area contributed by atoms with Crippen LogP contribution in [0.15, 0.2) is 48.5 Å². The Morgan fingerprint density at radius 3 is 2.52 bits per heavy atom. The van der Waals surface area contributed by atoms with Crippen molar-refractivity contribution in [1.82, 2.24) is 10.2 Å². The molecule has 1 aliphatic carbocycles. The topological polar surface area (TPSA) is 56.1 Å². The average Bonchev–Trinajstić information content (AvgIpc) is 3.39. The van der Waals surface area contributed by atoms with Crippen molar-refractivity contribution in [3.05, 3.63) is 71.0 Å². The number of nitriles is 1. The SMILES string of the molecule is N#Cc1ccc(CN(CC(=O)NC2CC2)Cc2cccc(F)c2)cc1. The summed E-state index contributed by atoms with van der Waals surface area (Å²) in [5, 5.41) is 11.9. The minimum absolute atomic E-state index is 0.00690. The first kappa shape index (κ1) is 17.1. The van der Waals surface area contributed by atoms with Crippen molar-refractivity contribution in [3.8, 4) is 6.07 Å². The van der Waals surface area contributed by atoms with Crippen molar-refractivity contribution in [3.63, 3.8) is 0 Å². The first-order chi connectivity index (χ1) is 12.1. The second-order valence-electron chi connectivity index (χ2n) is 6.43.